The summed E-state index contributed by atoms with van der Waals surface area (Å²) in [7, 11) is 1.43. The van der Waals surface area contributed by atoms with Crippen molar-refractivity contribution in [3.63, 3.8) is 0 Å². The minimum Gasteiger partial charge on any atom is -0.496 e. The Balaban J connectivity index is 2.00. The first-order chi connectivity index (χ1) is 15.8. The van der Waals surface area contributed by atoms with Crippen LogP contribution in [0.5, 0.6) is 5.75 Å². The van der Waals surface area contributed by atoms with Crippen molar-refractivity contribution < 1.29 is 19.4 Å². The van der Waals surface area contributed by atoms with E-state index in [1.54, 1.807) is 31.2 Å². The third kappa shape index (κ3) is 3.63. The molecule has 0 saturated heterocycles. The van der Waals surface area contributed by atoms with Crippen LogP contribution in [0.4, 0.5) is 0 Å². The predicted molar refractivity (Wildman–Crippen MR) is 120 cm³/mol. The van der Waals surface area contributed by atoms with E-state index in [9.17, 15) is 24.3 Å². The van der Waals surface area contributed by atoms with Gasteiger partial charge in [-0.05, 0) is 26.0 Å². The van der Waals surface area contributed by atoms with E-state index in [2.05, 4.69) is 10.2 Å². The Bertz CT molecular complexity index is 1500. The highest BCUT2D eigenvalue weighted by molar-refractivity contribution is 7.21. The number of rotatable bonds is 7. The summed E-state index contributed by atoms with van der Waals surface area (Å²) in [6.07, 6.45) is 2.93. The van der Waals surface area contributed by atoms with Crippen molar-refractivity contribution in [2.75, 3.05) is 7.11 Å². The zero-order valence-corrected chi connectivity index (χ0v) is 18.7. The van der Waals surface area contributed by atoms with Crippen molar-refractivity contribution in [1.82, 2.24) is 24.1 Å². The summed E-state index contributed by atoms with van der Waals surface area (Å²) in [4.78, 5) is 52.9. The summed E-state index contributed by atoms with van der Waals surface area (Å²) in [5.74, 6) is -1.45. The van der Waals surface area contributed by atoms with Crippen LogP contribution in [-0.4, -0.2) is 48.1 Å². The number of carbonyl (C=O) groups is 2. The Morgan fingerprint density at radius 1 is 1.18 bits per heavy atom. The fourth-order valence-electron chi connectivity index (χ4n) is 3.56. The minimum atomic E-state index is -1.44. The molecule has 0 amide bonds. The van der Waals surface area contributed by atoms with Gasteiger partial charge < -0.3 is 9.84 Å². The van der Waals surface area contributed by atoms with Gasteiger partial charge in [0.15, 0.2) is 5.78 Å². The molecule has 3 heterocycles. The van der Waals surface area contributed by atoms with Gasteiger partial charge in [-0.25, -0.2) is 14.2 Å². The van der Waals surface area contributed by atoms with Gasteiger partial charge in [0.05, 0.1) is 37.0 Å². The number of thiophene rings is 1. The normalized spacial score (nSPS) is 12.1. The second-order valence-corrected chi connectivity index (χ2v) is 8.19. The van der Waals surface area contributed by atoms with Gasteiger partial charge in [-0.1, -0.05) is 23.5 Å². The predicted octanol–water partition coefficient (Wildman–Crippen LogP) is 1.65. The number of nitrogens with zero attached hydrogens (tertiary/aromatic N) is 5. The van der Waals surface area contributed by atoms with Crippen LogP contribution in [0, 0.1) is 6.92 Å². The SMILES string of the molecule is COc1ccccc1C(=O)Cn1c(=O)n(C(C)C(=O)O)c(=O)c2c(C)c(-n3nccn3)sc21. The fraction of sp³-hybridized carbons (Fsp3) is 0.238. The molecule has 0 aliphatic carbocycles. The van der Waals surface area contributed by atoms with E-state index in [-0.39, 0.29) is 15.8 Å². The first-order valence-electron chi connectivity index (χ1n) is 9.80. The average molecular weight is 469 g/mol. The molecule has 0 saturated carbocycles. The van der Waals surface area contributed by atoms with Gasteiger partial charge in [0, 0.05) is 5.56 Å². The van der Waals surface area contributed by atoms with E-state index in [0.29, 0.717) is 20.9 Å². The zero-order chi connectivity index (χ0) is 23.9. The number of hydrogen-bond acceptors (Lipinski definition) is 8. The van der Waals surface area contributed by atoms with Crippen molar-refractivity contribution in [2.45, 2.75) is 26.4 Å². The number of carboxylic acids is 1. The monoisotopic (exact) mass is 469 g/mol. The van der Waals surface area contributed by atoms with E-state index in [0.717, 1.165) is 15.9 Å². The van der Waals surface area contributed by atoms with E-state index < -0.39 is 35.6 Å². The number of carbonyl (C=O) groups excluding carboxylic acids is 1. The molecule has 1 unspecified atom stereocenters. The minimum absolute atomic E-state index is 0.132. The van der Waals surface area contributed by atoms with Crippen molar-refractivity contribution in [3.05, 3.63) is 68.6 Å². The maximum atomic E-state index is 13.3. The standard InChI is InChI=1S/C21H19N5O6S/c1-11-16-17(28)25(12(2)20(29)30)21(31)24(19(16)33-18(11)26-22-8-9-23-26)10-14(27)13-6-4-5-7-15(13)32-3/h4-9,12H,10H2,1-3H3,(H,29,30). The number of aryl methyl sites for hydroxylation is 1. The zero-order valence-electron chi connectivity index (χ0n) is 17.9. The molecule has 1 N–H and O–H groups in total. The molecule has 1 aromatic carbocycles. The maximum absolute atomic E-state index is 13.3. The number of ether oxygens (including phenoxy) is 1. The van der Waals surface area contributed by atoms with Crippen molar-refractivity contribution in [3.8, 4) is 10.8 Å². The Kier molecular flexibility index (Phi) is 5.68. The Morgan fingerprint density at radius 2 is 1.85 bits per heavy atom. The van der Waals surface area contributed by atoms with E-state index in [4.69, 9.17) is 4.74 Å². The fourth-order valence-corrected chi connectivity index (χ4v) is 4.77. The van der Waals surface area contributed by atoms with Crippen LogP contribution in [0.15, 0.2) is 46.2 Å². The van der Waals surface area contributed by atoms with Crippen LogP contribution in [0.1, 0.15) is 28.9 Å². The molecule has 0 bridgehead atoms. The molecule has 0 spiro atoms. The number of Topliss-reactive ketones (excluding diaryl/α,β-unsaturated/α-hetero) is 1. The number of methoxy groups -OCH3 is 1. The highest BCUT2D eigenvalue weighted by Gasteiger charge is 2.27. The average Bonchev–Trinajstić information content (AvgIpc) is 3.44. The smallest absolute Gasteiger partial charge is 0.333 e. The molecule has 4 aromatic rings. The summed E-state index contributed by atoms with van der Waals surface area (Å²) in [6.45, 7) is 2.47. The van der Waals surface area contributed by atoms with Crippen LogP contribution in [0.3, 0.4) is 0 Å². The number of ketones is 1. The first kappa shape index (κ1) is 22.1. The Hall–Kier alpha value is -4.06. The molecule has 3 aromatic heterocycles. The molecular formula is C21H19N5O6S. The Morgan fingerprint density at radius 3 is 2.48 bits per heavy atom. The third-order valence-corrected chi connectivity index (χ3v) is 6.55. The number of benzene rings is 1. The highest BCUT2D eigenvalue weighted by Crippen LogP contribution is 2.31. The van der Waals surface area contributed by atoms with E-state index in [1.807, 2.05) is 0 Å². The number of hydrogen-bond donors (Lipinski definition) is 1. The van der Waals surface area contributed by atoms with Gasteiger partial charge in [-0.3, -0.25) is 14.2 Å². The summed E-state index contributed by atoms with van der Waals surface area (Å²) in [6, 6.07) is 5.12. The molecule has 0 radical (unpaired) electrons. The number of carboxylic acid groups (broad SMARTS) is 1. The lowest BCUT2D eigenvalue weighted by molar-refractivity contribution is -0.140. The largest absolute Gasteiger partial charge is 0.496 e. The molecule has 0 aliphatic heterocycles. The van der Waals surface area contributed by atoms with Gasteiger partial charge in [-0.2, -0.15) is 10.2 Å². The molecule has 1 atom stereocenters. The molecule has 170 valence electrons. The van der Waals surface area contributed by atoms with Crippen molar-refractivity contribution >= 4 is 33.3 Å². The van der Waals surface area contributed by atoms with Crippen LogP contribution in [-0.2, 0) is 11.3 Å². The number of aromatic nitrogens is 5. The van der Waals surface area contributed by atoms with Gasteiger partial charge in [-0.15, -0.1) is 4.80 Å². The second kappa shape index (κ2) is 8.47. The Labute approximate surface area is 190 Å². The number of fused-ring (bicyclic) bond motifs is 1. The molecule has 11 nitrogen and oxygen atoms in total. The van der Waals surface area contributed by atoms with Crippen molar-refractivity contribution in [1.29, 1.82) is 0 Å². The molecule has 12 heteroatoms. The third-order valence-electron chi connectivity index (χ3n) is 5.27. The molecule has 4 rings (SSSR count). The van der Waals surface area contributed by atoms with Crippen LogP contribution >= 0.6 is 11.3 Å². The number of aliphatic carboxylic acids is 1. The second-order valence-electron chi connectivity index (χ2n) is 7.21. The van der Waals surface area contributed by atoms with Crippen LogP contribution < -0.4 is 16.0 Å². The van der Waals surface area contributed by atoms with Gasteiger partial charge >= 0.3 is 11.7 Å². The molecule has 33 heavy (non-hydrogen) atoms. The van der Waals surface area contributed by atoms with E-state index >= 15 is 0 Å². The van der Waals surface area contributed by atoms with Gasteiger partial charge in [0.25, 0.3) is 5.56 Å². The van der Waals surface area contributed by atoms with Crippen LogP contribution in [0.2, 0.25) is 0 Å². The molecule has 0 aliphatic rings. The molecule has 0 fully saturated rings. The lowest BCUT2D eigenvalue weighted by atomic mass is 10.1. The first-order valence-corrected chi connectivity index (χ1v) is 10.6. The maximum Gasteiger partial charge on any atom is 0.333 e. The summed E-state index contributed by atoms with van der Waals surface area (Å²) in [5, 5.41) is 18.3. The highest BCUT2D eigenvalue weighted by atomic mass is 32.1. The molecular weight excluding hydrogens is 450 g/mol. The number of para-hydroxylation sites is 1. The lowest BCUT2D eigenvalue weighted by Gasteiger charge is -2.15. The summed E-state index contributed by atoms with van der Waals surface area (Å²) < 4.78 is 7.02. The van der Waals surface area contributed by atoms with E-state index in [1.165, 1.54) is 31.2 Å². The summed E-state index contributed by atoms with van der Waals surface area (Å²) >= 11 is 1.07. The lowest BCUT2D eigenvalue weighted by Crippen LogP contribution is -2.44. The van der Waals surface area contributed by atoms with Gasteiger partial charge in [0.2, 0.25) is 0 Å². The summed E-state index contributed by atoms with van der Waals surface area (Å²) in [5.41, 5.74) is -0.919. The van der Waals surface area contributed by atoms with Crippen LogP contribution in [0.25, 0.3) is 15.2 Å². The van der Waals surface area contributed by atoms with Crippen molar-refractivity contribution in [2.24, 2.45) is 0 Å². The topological polar surface area (TPSA) is 138 Å². The van der Waals surface area contributed by atoms with Gasteiger partial charge in [0.1, 0.15) is 21.6 Å². The quantitative estimate of drug-likeness (QED) is 0.403.